The Morgan fingerprint density at radius 2 is 2.29 bits per heavy atom. The second-order valence-electron chi connectivity index (χ2n) is 2.91. The van der Waals surface area contributed by atoms with Crippen molar-refractivity contribution in [2.75, 3.05) is 0 Å². The van der Waals surface area contributed by atoms with Gasteiger partial charge in [0.25, 0.3) is 0 Å². The number of benzene rings is 1. The molecule has 4 heteroatoms. The fraction of sp³-hybridized carbons (Fsp3) is 0.100. The topological polar surface area (TPSA) is 57.5 Å². The minimum atomic E-state index is -0.243. The van der Waals surface area contributed by atoms with Crippen LogP contribution in [0.2, 0.25) is 0 Å². The molecular weight excluding hydrogens is 200 g/mol. The highest BCUT2D eigenvalue weighted by Gasteiger charge is 2.12. The molecule has 1 heterocycles. The summed E-state index contributed by atoms with van der Waals surface area (Å²) in [6, 6.07) is 3.56. The van der Waals surface area contributed by atoms with Crippen LogP contribution in [-0.2, 0) is 6.61 Å². The lowest BCUT2D eigenvalue weighted by Crippen LogP contribution is -1.92. The smallest absolute Gasteiger partial charge is 0.154 e. The monoisotopic (exact) mass is 208 g/mol. The van der Waals surface area contributed by atoms with Crippen molar-refractivity contribution in [3.8, 4) is 5.75 Å². The van der Waals surface area contributed by atoms with Gasteiger partial charge in [-0.2, -0.15) is 0 Å². The zero-order valence-electron chi connectivity index (χ0n) is 7.23. The maximum absolute atomic E-state index is 10.7. The van der Waals surface area contributed by atoms with Crippen LogP contribution in [0.5, 0.6) is 5.75 Å². The van der Waals surface area contributed by atoms with Gasteiger partial charge in [0.2, 0.25) is 0 Å². The van der Waals surface area contributed by atoms with Crippen LogP contribution in [0.25, 0.3) is 10.1 Å². The van der Waals surface area contributed by atoms with Crippen molar-refractivity contribution >= 4 is 27.7 Å². The van der Waals surface area contributed by atoms with Gasteiger partial charge in [0.1, 0.15) is 5.75 Å². The van der Waals surface area contributed by atoms with E-state index in [4.69, 9.17) is 5.11 Å². The fourth-order valence-electron chi connectivity index (χ4n) is 1.43. The average molecular weight is 208 g/mol. The highest BCUT2D eigenvalue weighted by Crippen LogP contribution is 2.34. The van der Waals surface area contributed by atoms with Gasteiger partial charge in [-0.3, -0.25) is 4.79 Å². The van der Waals surface area contributed by atoms with Gasteiger partial charge in [-0.1, -0.05) is 0 Å². The second-order valence-corrected chi connectivity index (χ2v) is 3.83. The van der Waals surface area contributed by atoms with Crippen LogP contribution >= 0.6 is 11.3 Å². The Morgan fingerprint density at radius 3 is 2.93 bits per heavy atom. The molecule has 2 N–H and O–H groups in total. The van der Waals surface area contributed by atoms with E-state index in [0.717, 1.165) is 5.39 Å². The molecule has 0 aliphatic rings. The molecule has 1 aromatic carbocycles. The van der Waals surface area contributed by atoms with Crippen LogP contribution in [0.1, 0.15) is 15.9 Å². The molecular formula is C10H8O3S. The summed E-state index contributed by atoms with van der Waals surface area (Å²) in [7, 11) is 0. The van der Waals surface area contributed by atoms with Crippen molar-refractivity contribution < 1.29 is 15.0 Å². The van der Waals surface area contributed by atoms with E-state index >= 15 is 0 Å². The van der Waals surface area contributed by atoms with Crippen LogP contribution in [0.4, 0.5) is 0 Å². The van der Waals surface area contributed by atoms with Gasteiger partial charge in [-0.05, 0) is 28.5 Å². The second kappa shape index (κ2) is 3.40. The first-order valence-corrected chi connectivity index (χ1v) is 4.94. The standard InChI is InChI=1S/C10H8O3S/c11-4-7-3-6-1-2-14-10(6)9(13)8(7)5-12/h1-3,5,11,13H,4H2. The molecule has 0 bridgehead atoms. The normalized spacial score (nSPS) is 10.6. The summed E-state index contributed by atoms with van der Waals surface area (Å²) < 4.78 is 0.685. The van der Waals surface area contributed by atoms with Crippen molar-refractivity contribution in [3.05, 3.63) is 28.6 Å². The number of hydrogen-bond acceptors (Lipinski definition) is 4. The third kappa shape index (κ3) is 1.20. The third-order valence-corrected chi connectivity index (χ3v) is 3.07. The highest BCUT2D eigenvalue weighted by atomic mass is 32.1. The number of aliphatic hydroxyl groups is 1. The maximum atomic E-state index is 10.7. The Hall–Kier alpha value is -1.39. The van der Waals surface area contributed by atoms with Crippen molar-refractivity contribution in [1.82, 2.24) is 0 Å². The van der Waals surface area contributed by atoms with Gasteiger partial charge in [0, 0.05) is 0 Å². The number of phenols is 1. The molecule has 0 saturated heterocycles. The minimum absolute atomic E-state index is 0.0310. The SMILES string of the molecule is O=Cc1c(CO)cc2ccsc2c1O. The lowest BCUT2D eigenvalue weighted by atomic mass is 10.1. The Kier molecular flexibility index (Phi) is 2.23. The van der Waals surface area contributed by atoms with E-state index in [1.165, 1.54) is 11.3 Å². The van der Waals surface area contributed by atoms with E-state index in [9.17, 15) is 9.90 Å². The lowest BCUT2D eigenvalue weighted by Gasteiger charge is -2.04. The molecule has 72 valence electrons. The molecule has 2 aromatic rings. The van der Waals surface area contributed by atoms with Crippen molar-refractivity contribution in [1.29, 1.82) is 0 Å². The Morgan fingerprint density at radius 1 is 1.50 bits per heavy atom. The lowest BCUT2D eigenvalue weighted by molar-refractivity contribution is 0.111. The number of phenolic OH excluding ortho intramolecular Hbond substituents is 1. The van der Waals surface area contributed by atoms with E-state index in [1.807, 2.05) is 11.4 Å². The summed E-state index contributed by atoms with van der Waals surface area (Å²) in [5, 5.41) is 21.4. The molecule has 0 unspecified atom stereocenters. The Labute approximate surface area is 84.2 Å². The average Bonchev–Trinajstić information content (AvgIpc) is 2.65. The largest absolute Gasteiger partial charge is 0.506 e. The molecule has 0 aliphatic carbocycles. The number of aldehydes is 1. The van der Waals surface area contributed by atoms with E-state index in [1.54, 1.807) is 6.07 Å². The van der Waals surface area contributed by atoms with Gasteiger partial charge in [-0.25, -0.2) is 0 Å². The van der Waals surface area contributed by atoms with Crippen LogP contribution in [0.3, 0.4) is 0 Å². The molecule has 0 spiro atoms. The number of hydrogen-bond donors (Lipinski definition) is 2. The molecule has 0 atom stereocenters. The number of carbonyl (C=O) groups is 1. The summed E-state index contributed by atoms with van der Waals surface area (Å²) in [6.45, 7) is -0.243. The van der Waals surface area contributed by atoms with Gasteiger partial charge in [-0.15, -0.1) is 11.3 Å². The third-order valence-electron chi connectivity index (χ3n) is 2.13. The molecule has 1 aromatic heterocycles. The minimum Gasteiger partial charge on any atom is -0.506 e. The molecule has 0 saturated carbocycles. The number of aromatic hydroxyl groups is 1. The summed E-state index contributed by atoms with van der Waals surface area (Å²) in [5.74, 6) is -0.0310. The number of carbonyl (C=O) groups excluding carboxylic acids is 1. The Bertz CT molecular complexity index is 487. The van der Waals surface area contributed by atoms with Gasteiger partial charge in [0.05, 0.1) is 16.9 Å². The maximum Gasteiger partial charge on any atom is 0.154 e. The van der Waals surface area contributed by atoms with Crippen molar-refractivity contribution in [2.45, 2.75) is 6.61 Å². The first-order chi connectivity index (χ1) is 6.77. The fourth-order valence-corrected chi connectivity index (χ4v) is 2.26. The van der Waals surface area contributed by atoms with E-state index < -0.39 is 0 Å². The molecule has 0 fully saturated rings. The van der Waals surface area contributed by atoms with Crippen LogP contribution in [0, 0.1) is 0 Å². The molecule has 0 radical (unpaired) electrons. The predicted octanol–water partition coefficient (Wildman–Crippen LogP) is 1.91. The van der Waals surface area contributed by atoms with Gasteiger partial charge < -0.3 is 10.2 Å². The van der Waals surface area contributed by atoms with Gasteiger partial charge in [0.15, 0.2) is 6.29 Å². The molecule has 2 rings (SSSR count). The summed E-state index contributed by atoms with van der Waals surface area (Å²) >= 11 is 1.37. The zero-order valence-corrected chi connectivity index (χ0v) is 8.04. The summed E-state index contributed by atoms with van der Waals surface area (Å²) in [6.07, 6.45) is 0.569. The zero-order chi connectivity index (χ0) is 10.1. The van der Waals surface area contributed by atoms with E-state index in [0.29, 0.717) is 16.5 Å². The van der Waals surface area contributed by atoms with Crippen molar-refractivity contribution in [2.24, 2.45) is 0 Å². The summed E-state index contributed by atoms with van der Waals surface area (Å²) in [5.41, 5.74) is 0.644. The quantitative estimate of drug-likeness (QED) is 0.741. The highest BCUT2D eigenvalue weighted by molar-refractivity contribution is 7.17. The number of aliphatic hydroxyl groups excluding tert-OH is 1. The molecule has 0 aliphatic heterocycles. The van der Waals surface area contributed by atoms with Crippen LogP contribution in [0.15, 0.2) is 17.5 Å². The van der Waals surface area contributed by atoms with Gasteiger partial charge >= 0.3 is 0 Å². The number of fused-ring (bicyclic) bond motifs is 1. The molecule has 14 heavy (non-hydrogen) atoms. The van der Waals surface area contributed by atoms with Crippen LogP contribution < -0.4 is 0 Å². The molecule has 3 nitrogen and oxygen atoms in total. The Balaban J connectivity index is 2.85. The van der Waals surface area contributed by atoms with Crippen LogP contribution in [-0.4, -0.2) is 16.5 Å². The van der Waals surface area contributed by atoms with E-state index in [2.05, 4.69) is 0 Å². The van der Waals surface area contributed by atoms with E-state index in [-0.39, 0.29) is 17.9 Å². The first-order valence-electron chi connectivity index (χ1n) is 4.06. The first kappa shape index (κ1) is 9.18. The summed E-state index contributed by atoms with van der Waals surface area (Å²) in [4.78, 5) is 10.7. The molecule has 0 amide bonds. The predicted molar refractivity (Wildman–Crippen MR) is 54.8 cm³/mol. The number of rotatable bonds is 2. The number of thiophene rings is 1. The van der Waals surface area contributed by atoms with Crippen molar-refractivity contribution in [3.63, 3.8) is 0 Å².